The second-order valence-electron chi connectivity index (χ2n) is 7.12. The maximum Gasteiger partial charge on any atom is 0.161 e. The first kappa shape index (κ1) is 14.1. The molecular weight excluding hydrogens is 274 g/mol. The molecule has 3 heteroatoms. The second kappa shape index (κ2) is 4.76. The van der Waals surface area contributed by atoms with E-state index in [0.29, 0.717) is 6.04 Å². The number of benzene rings is 1. The molecule has 22 heavy (non-hydrogen) atoms. The fourth-order valence-electron chi connectivity index (χ4n) is 5.03. The standard InChI is InChI=1S/C19H25NO2/c1-12-14-7-8-19(9-10-20(2)18(19)17(12)14)13-5-6-15(21-3)16(11-13)22-4/h5-7,11-12,17-18H,8-10H2,1-4H3/t12?,17-,18?,19+/m1/s1. The molecule has 1 heterocycles. The van der Waals surface area contributed by atoms with Crippen LogP contribution >= 0.6 is 0 Å². The fraction of sp³-hybridized carbons (Fsp3) is 0.579. The Bertz CT molecular complexity index is 638. The van der Waals surface area contributed by atoms with Gasteiger partial charge in [0.2, 0.25) is 0 Å². The highest BCUT2D eigenvalue weighted by molar-refractivity contribution is 5.50. The van der Waals surface area contributed by atoms with Crippen LogP contribution in [0, 0.1) is 11.8 Å². The van der Waals surface area contributed by atoms with Crippen LogP contribution in [0.1, 0.15) is 25.3 Å². The first-order chi connectivity index (χ1) is 10.6. The zero-order valence-corrected chi connectivity index (χ0v) is 13.9. The van der Waals surface area contributed by atoms with E-state index in [1.165, 1.54) is 18.5 Å². The molecule has 0 bridgehead atoms. The second-order valence-corrected chi connectivity index (χ2v) is 7.12. The Morgan fingerprint density at radius 1 is 1.18 bits per heavy atom. The summed E-state index contributed by atoms with van der Waals surface area (Å²) in [5, 5.41) is 0. The number of hydrogen-bond acceptors (Lipinski definition) is 3. The van der Waals surface area contributed by atoms with E-state index in [4.69, 9.17) is 9.47 Å². The van der Waals surface area contributed by atoms with Crippen molar-refractivity contribution in [2.24, 2.45) is 11.8 Å². The SMILES string of the molecule is COc1ccc([C@@]23CC=C4C(C)[C@H]4C2N(C)CC3)cc1OC. The number of fused-ring (bicyclic) bond motifs is 3. The Labute approximate surface area is 132 Å². The van der Waals surface area contributed by atoms with Gasteiger partial charge in [0.15, 0.2) is 11.5 Å². The van der Waals surface area contributed by atoms with Crippen molar-refractivity contribution in [2.45, 2.75) is 31.2 Å². The van der Waals surface area contributed by atoms with Crippen molar-refractivity contribution < 1.29 is 9.47 Å². The Hall–Kier alpha value is -1.48. The van der Waals surface area contributed by atoms with E-state index in [0.717, 1.165) is 29.8 Å². The summed E-state index contributed by atoms with van der Waals surface area (Å²) in [6.07, 6.45) is 4.91. The van der Waals surface area contributed by atoms with Crippen LogP contribution in [0.5, 0.6) is 11.5 Å². The maximum atomic E-state index is 5.54. The lowest BCUT2D eigenvalue weighted by atomic mass is 9.68. The van der Waals surface area contributed by atoms with Crippen LogP contribution in [-0.2, 0) is 5.41 Å². The van der Waals surface area contributed by atoms with Crippen LogP contribution in [0.3, 0.4) is 0 Å². The van der Waals surface area contributed by atoms with E-state index in [1.54, 1.807) is 19.8 Å². The molecule has 0 amide bonds. The number of ether oxygens (including phenoxy) is 2. The summed E-state index contributed by atoms with van der Waals surface area (Å²) < 4.78 is 11.0. The van der Waals surface area contributed by atoms with Gasteiger partial charge in [0, 0.05) is 17.4 Å². The maximum absolute atomic E-state index is 5.54. The monoisotopic (exact) mass is 299 g/mol. The van der Waals surface area contributed by atoms with Gasteiger partial charge < -0.3 is 14.4 Å². The third-order valence-electron chi connectivity index (χ3n) is 6.29. The molecule has 2 aliphatic carbocycles. The van der Waals surface area contributed by atoms with E-state index in [2.05, 4.69) is 43.1 Å². The third-order valence-corrected chi connectivity index (χ3v) is 6.29. The van der Waals surface area contributed by atoms with Crippen LogP contribution in [0.25, 0.3) is 0 Å². The lowest BCUT2D eigenvalue weighted by Gasteiger charge is -2.39. The molecule has 1 saturated carbocycles. The number of hydrogen-bond donors (Lipinski definition) is 0. The van der Waals surface area contributed by atoms with E-state index in [-0.39, 0.29) is 5.41 Å². The van der Waals surface area contributed by atoms with Gasteiger partial charge in [0.25, 0.3) is 0 Å². The summed E-state index contributed by atoms with van der Waals surface area (Å²) in [4.78, 5) is 2.58. The van der Waals surface area contributed by atoms with Crippen molar-refractivity contribution >= 4 is 0 Å². The molecule has 0 radical (unpaired) electrons. The zero-order chi connectivity index (χ0) is 15.5. The first-order valence-corrected chi connectivity index (χ1v) is 8.25. The fourth-order valence-corrected chi connectivity index (χ4v) is 5.03. The normalized spacial score (nSPS) is 36.4. The predicted molar refractivity (Wildman–Crippen MR) is 87.6 cm³/mol. The minimum Gasteiger partial charge on any atom is -0.493 e. The molecule has 1 saturated heterocycles. The smallest absolute Gasteiger partial charge is 0.161 e. The number of rotatable bonds is 3. The number of methoxy groups -OCH3 is 2. The summed E-state index contributed by atoms with van der Waals surface area (Å²) in [5.41, 5.74) is 3.34. The molecule has 1 aromatic carbocycles. The molecule has 0 N–H and O–H groups in total. The van der Waals surface area contributed by atoms with Gasteiger partial charge in [-0.15, -0.1) is 0 Å². The molecule has 0 aromatic heterocycles. The van der Waals surface area contributed by atoms with Crippen molar-refractivity contribution in [1.29, 1.82) is 0 Å². The summed E-state index contributed by atoms with van der Waals surface area (Å²) in [7, 11) is 5.71. The van der Waals surface area contributed by atoms with Crippen molar-refractivity contribution in [1.82, 2.24) is 4.90 Å². The van der Waals surface area contributed by atoms with E-state index in [1.807, 2.05) is 0 Å². The van der Waals surface area contributed by atoms with Crippen molar-refractivity contribution in [3.8, 4) is 11.5 Å². The van der Waals surface area contributed by atoms with Crippen molar-refractivity contribution in [2.75, 3.05) is 27.8 Å². The van der Waals surface area contributed by atoms with Gasteiger partial charge >= 0.3 is 0 Å². The quantitative estimate of drug-likeness (QED) is 0.800. The molecule has 3 aliphatic rings. The molecule has 0 spiro atoms. The van der Waals surface area contributed by atoms with Crippen molar-refractivity contribution in [3.05, 3.63) is 35.4 Å². The van der Waals surface area contributed by atoms with Crippen LogP contribution in [0.15, 0.2) is 29.8 Å². The summed E-state index contributed by atoms with van der Waals surface area (Å²) in [6.45, 7) is 3.57. The highest BCUT2D eigenvalue weighted by Crippen LogP contribution is 2.61. The largest absolute Gasteiger partial charge is 0.493 e. The molecule has 118 valence electrons. The molecule has 2 fully saturated rings. The zero-order valence-electron chi connectivity index (χ0n) is 13.9. The number of allylic oxidation sites excluding steroid dienone is 1. The average molecular weight is 299 g/mol. The molecule has 1 aromatic rings. The predicted octanol–water partition coefficient (Wildman–Crippen LogP) is 3.24. The molecule has 4 atom stereocenters. The van der Waals surface area contributed by atoms with Crippen LogP contribution in [-0.4, -0.2) is 38.8 Å². The van der Waals surface area contributed by atoms with Gasteiger partial charge in [-0.1, -0.05) is 24.6 Å². The van der Waals surface area contributed by atoms with Gasteiger partial charge in [-0.3, -0.25) is 0 Å². The van der Waals surface area contributed by atoms with Gasteiger partial charge in [-0.2, -0.15) is 0 Å². The summed E-state index contributed by atoms with van der Waals surface area (Å²) in [5.74, 6) is 3.19. The number of likely N-dealkylation sites (tertiary alicyclic amines) is 1. The Kier molecular flexibility index (Phi) is 3.06. The Balaban J connectivity index is 1.79. The summed E-state index contributed by atoms with van der Waals surface area (Å²) >= 11 is 0. The third kappa shape index (κ3) is 1.72. The summed E-state index contributed by atoms with van der Waals surface area (Å²) in [6, 6.07) is 7.16. The van der Waals surface area contributed by atoms with E-state index >= 15 is 0 Å². The van der Waals surface area contributed by atoms with Gasteiger partial charge in [-0.25, -0.2) is 0 Å². The van der Waals surface area contributed by atoms with Gasteiger partial charge in [0.1, 0.15) is 0 Å². The van der Waals surface area contributed by atoms with E-state index in [9.17, 15) is 0 Å². The highest BCUT2D eigenvalue weighted by Gasteiger charge is 2.60. The molecular formula is C19H25NO2. The Morgan fingerprint density at radius 2 is 1.95 bits per heavy atom. The van der Waals surface area contributed by atoms with Gasteiger partial charge in [-0.05, 0) is 50.0 Å². The van der Waals surface area contributed by atoms with Gasteiger partial charge in [0.05, 0.1) is 14.2 Å². The molecule has 4 rings (SSSR count). The number of nitrogens with zero attached hydrogens (tertiary/aromatic N) is 1. The lowest BCUT2D eigenvalue weighted by Crippen LogP contribution is -2.44. The van der Waals surface area contributed by atoms with Crippen LogP contribution < -0.4 is 9.47 Å². The Morgan fingerprint density at radius 3 is 2.68 bits per heavy atom. The minimum atomic E-state index is 0.243. The number of likely N-dealkylation sites (N-methyl/N-ethyl adjacent to an activating group) is 1. The molecule has 1 aliphatic heterocycles. The molecule has 2 unspecified atom stereocenters. The first-order valence-electron chi connectivity index (χ1n) is 8.25. The van der Waals surface area contributed by atoms with Crippen LogP contribution in [0.4, 0.5) is 0 Å². The molecule has 3 nitrogen and oxygen atoms in total. The van der Waals surface area contributed by atoms with E-state index < -0.39 is 0 Å². The lowest BCUT2D eigenvalue weighted by molar-refractivity contribution is 0.207. The topological polar surface area (TPSA) is 21.7 Å². The highest BCUT2D eigenvalue weighted by atomic mass is 16.5. The van der Waals surface area contributed by atoms with Crippen LogP contribution in [0.2, 0.25) is 0 Å². The minimum absolute atomic E-state index is 0.243. The van der Waals surface area contributed by atoms with Crippen molar-refractivity contribution in [3.63, 3.8) is 0 Å². The average Bonchev–Trinajstić information content (AvgIpc) is 3.07.